The van der Waals surface area contributed by atoms with E-state index in [0.29, 0.717) is 13.2 Å². The van der Waals surface area contributed by atoms with Crippen molar-refractivity contribution in [1.29, 1.82) is 0 Å². The number of tetrazole rings is 1. The zero-order chi connectivity index (χ0) is 22.9. The fourth-order valence-electron chi connectivity index (χ4n) is 3.22. The van der Waals surface area contributed by atoms with Crippen LogP contribution in [0.25, 0.3) is 31.9 Å². The van der Waals surface area contributed by atoms with E-state index in [0.717, 1.165) is 39.3 Å². The van der Waals surface area contributed by atoms with Crippen LogP contribution in [0.15, 0.2) is 42.7 Å². The molecule has 2 N–H and O–H groups in total. The average Bonchev–Trinajstić information content (AvgIpc) is 3.37. The Hall–Kier alpha value is -2.62. The zero-order valence-corrected chi connectivity index (χ0v) is 21.1. The Kier molecular flexibility index (Phi) is 6.15. The van der Waals surface area contributed by atoms with Gasteiger partial charge in [0, 0.05) is 51.9 Å². The molecule has 0 aliphatic rings. The van der Waals surface area contributed by atoms with E-state index in [4.69, 9.17) is 10.2 Å². The van der Waals surface area contributed by atoms with E-state index >= 15 is 0 Å². The summed E-state index contributed by atoms with van der Waals surface area (Å²) in [4.78, 5) is 5.60. The van der Waals surface area contributed by atoms with Crippen molar-refractivity contribution in [3.05, 3.63) is 42.7 Å². The highest BCUT2D eigenvalue weighted by atomic mass is 32.1. The molecule has 0 aliphatic heterocycles. The van der Waals surface area contributed by atoms with Crippen molar-refractivity contribution in [3.8, 4) is 21.8 Å². The molecular formula is C23H30N6OSSi. The summed E-state index contributed by atoms with van der Waals surface area (Å²) in [5.41, 5.74) is 8.64. The minimum atomic E-state index is -1.74. The molecule has 4 rings (SSSR count). The molecule has 0 saturated carbocycles. The Morgan fingerprint density at radius 2 is 1.88 bits per heavy atom. The summed E-state index contributed by atoms with van der Waals surface area (Å²) >= 11 is 1.72. The van der Waals surface area contributed by atoms with Gasteiger partial charge in [-0.05, 0) is 70.7 Å². The fraction of sp³-hybridized carbons (Fsp3) is 0.391. The van der Waals surface area contributed by atoms with E-state index in [2.05, 4.69) is 72.6 Å². The van der Waals surface area contributed by atoms with Gasteiger partial charge < -0.3 is 10.2 Å². The molecule has 4 aromatic rings. The van der Waals surface area contributed by atoms with Crippen LogP contribution < -0.4 is 5.73 Å². The van der Waals surface area contributed by atoms with Gasteiger partial charge in [0.2, 0.25) is 0 Å². The lowest BCUT2D eigenvalue weighted by atomic mass is 10.1. The molecule has 0 spiro atoms. The van der Waals surface area contributed by atoms with Crippen LogP contribution in [0.3, 0.4) is 0 Å². The lowest BCUT2D eigenvalue weighted by molar-refractivity contribution is 0.272. The summed E-state index contributed by atoms with van der Waals surface area (Å²) in [6, 6.07) is 10.2. The predicted molar refractivity (Wildman–Crippen MR) is 134 cm³/mol. The number of nitrogens with two attached hydrogens (primary N) is 1. The van der Waals surface area contributed by atoms with E-state index in [9.17, 15) is 0 Å². The first-order chi connectivity index (χ1) is 15.1. The molecule has 0 fully saturated rings. The van der Waals surface area contributed by atoms with Crippen molar-refractivity contribution in [2.24, 2.45) is 0 Å². The summed E-state index contributed by atoms with van der Waals surface area (Å²) < 4.78 is 9.32. The number of nitrogen functional groups attached to an aromatic ring is 1. The van der Waals surface area contributed by atoms with Gasteiger partial charge in [-0.1, -0.05) is 20.8 Å². The van der Waals surface area contributed by atoms with Gasteiger partial charge in [-0.3, -0.25) is 4.98 Å². The van der Waals surface area contributed by atoms with Crippen molar-refractivity contribution in [2.75, 3.05) is 12.3 Å². The number of pyridine rings is 1. The molecule has 0 unspecified atom stereocenters. The molecule has 3 heterocycles. The maximum Gasteiger partial charge on any atom is 0.191 e. The second-order valence-electron chi connectivity index (χ2n) is 9.56. The van der Waals surface area contributed by atoms with Crippen LogP contribution in [0, 0.1) is 0 Å². The number of rotatable bonds is 7. The molecule has 0 bridgehead atoms. The highest BCUT2D eigenvalue weighted by Gasteiger charge is 2.36. The molecular weight excluding hydrogens is 436 g/mol. The summed E-state index contributed by atoms with van der Waals surface area (Å²) in [7, 11) is -1.74. The van der Waals surface area contributed by atoms with Crippen molar-refractivity contribution in [3.63, 3.8) is 0 Å². The number of nitrogens with zero attached hydrogens (tertiary/aromatic N) is 5. The monoisotopic (exact) mass is 466 g/mol. The van der Waals surface area contributed by atoms with Gasteiger partial charge in [0.1, 0.15) is 0 Å². The number of aryl methyl sites for hydroxylation is 1. The van der Waals surface area contributed by atoms with Crippen molar-refractivity contribution in [1.82, 2.24) is 25.2 Å². The third-order valence-electron chi connectivity index (χ3n) is 6.14. The fourth-order valence-corrected chi connectivity index (χ4v) is 5.33. The summed E-state index contributed by atoms with van der Waals surface area (Å²) in [6.45, 7) is 12.7. The van der Waals surface area contributed by atoms with Gasteiger partial charge in [0.05, 0.1) is 0 Å². The quantitative estimate of drug-likeness (QED) is 0.216. The highest BCUT2D eigenvalue weighted by molar-refractivity contribution is 7.22. The molecule has 9 heteroatoms. The van der Waals surface area contributed by atoms with Gasteiger partial charge in [-0.25, -0.2) is 4.68 Å². The van der Waals surface area contributed by atoms with E-state index in [1.807, 2.05) is 29.2 Å². The molecule has 7 nitrogen and oxygen atoms in total. The normalized spacial score (nSPS) is 12.5. The van der Waals surface area contributed by atoms with Crippen LogP contribution in [0.4, 0.5) is 5.69 Å². The first-order valence-corrected chi connectivity index (χ1v) is 14.5. The highest BCUT2D eigenvalue weighted by Crippen LogP contribution is 2.37. The van der Waals surface area contributed by atoms with Gasteiger partial charge in [-0.2, -0.15) is 0 Å². The SMILES string of the molecule is CC(C)(C)[Si](C)(C)OCCCn1nnnc1-c1cncc(-c2cc3cc(N)ccc3s2)c1. The first kappa shape index (κ1) is 22.6. The first-order valence-electron chi connectivity index (χ1n) is 10.8. The Labute approximate surface area is 193 Å². The third kappa shape index (κ3) is 4.74. The van der Waals surface area contributed by atoms with Gasteiger partial charge in [-0.15, -0.1) is 16.4 Å². The lowest BCUT2D eigenvalue weighted by Crippen LogP contribution is -2.41. The van der Waals surface area contributed by atoms with E-state index in [1.54, 1.807) is 11.3 Å². The Morgan fingerprint density at radius 1 is 1.09 bits per heavy atom. The van der Waals surface area contributed by atoms with Gasteiger partial charge in [0.15, 0.2) is 14.1 Å². The third-order valence-corrected chi connectivity index (χ3v) is 11.8. The standard InChI is InChI=1S/C23H30N6OSSi/c1-23(2,3)32(4,5)30-10-6-9-29-22(26-27-28-29)18-11-17(14-25-15-18)21-13-16-12-19(24)7-8-20(16)31-21/h7-8,11-15H,6,9-10,24H2,1-5H3. The van der Waals surface area contributed by atoms with Crippen molar-refractivity contribution < 1.29 is 4.43 Å². The Morgan fingerprint density at radius 3 is 2.66 bits per heavy atom. The Bertz CT molecular complexity index is 1230. The van der Waals surface area contributed by atoms with Crippen LogP contribution in [0.2, 0.25) is 18.1 Å². The minimum Gasteiger partial charge on any atom is -0.417 e. The van der Waals surface area contributed by atoms with Crippen LogP contribution in [-0.2, 0) is 11.0 Å². The summed E-state index contributed by atoms with van der Waals surface area (Å²) in [5, 5.41) is 13.7. The van der Waals surface area contributed by atoms with Crippen LogP contribution in [-0.4, -0.2) is 40.1 Å². The molecule has 0 amide bonds. The predicted octanol–water partition coefficient (Wildman–Crippen LogP) is 5.61. The van der Waals surface area contributed by atoms with Crippen LogP contribution in [0.5, 0.6) is 0 Å². The smallest absolute Gasteiger partial charge is 0.191 e. The van der Waals surface area contributed by atoms with Crippen molar-refractivity contribution in [2.45, 2.75) is 51.9 Å². The summed E-state index contributed by atoms with van der Waals surface area (Å²) in [5.74, 6) is 0.719. The lowest BCUT2D eigenvalue weighted by Gasteiger charge is -2.36. The molecule has 168 valence electrons. The number of hydrogen-bond acceptors (Lipinski definition) is 7. The maximum atomic E-state index is 6.29. The molecule has 0 atom stereocenters. The van der Waals surface area contributed by atoms with Gasteiger partial charge in [0.25, 0.3) is 0 Å². The minimum absolute atomic E-state index is 0.206. The second-order valence-corrected chi connectivity index (χ2v) is 15.5. The zero-order valence-electron chi connectivity index (χ0n) is 19.3. The topological polar surface area (TPSA) is 91.7 Å². The second kappa shape index (κ2) is 8.72. The number of benzene rings is 1. The number of hydrogen-bond donors (Lipinski definition) is 1. The summed E-state index contributed by atoms with van der Waals surface area (Å²) in [6.07, 6.45) is 4.54. The molecule has 32 heavy (non-hydrogen) atoms. The van der Waals surface area contributed by atoms with E-state index < -0.39 is 8.32 Å². The van der Waals surface area contributed by atoms with Crippen LogP contribution in [0.1, 0.15) is 27.2 Å². The molecule has 0 saturated heterocycles. The number of anilines is 1. The number of aromatic nitrogens is 5. The Balaban J connectivity index is 1.49. The van der Waals surface area contributed by atoms with Crippen molar-refractivity contribution >= 4 is 35.4 Å². The number of fused-ring (bicyclic) bond motifs is 1. The molecule has 0 radical (unpaired) electrons. The maximum absolute atomic E-state index is 6.29. The van der Waals surface area contributed by atoms with E-state index in [1.165, 1.54) is 4.70 Å². The molecule has 1 aromatic carbocycles. The number of thiophene rings is 1. The van der Waals surface area contributed by atoms with E-state index in [-0.39, 0.29) is 5.04 Å². The average molecular weight is 467 g/mol. The largest absolute Gasteiger partial charge is 0.417 e. The molecule has 3 aromatic heterocycles. The molecule has 0 aliphatic carbocycles. The van der Waals surface area contributed by atoms with Crippen LogP contribution >= 0.6 is 11.3 Å². The van der Waals surface area contributed by atoms with Gasteiger partial charge >= 0.3 is 0 Å².